The minimum absolute atomic E-state index is 0.0904. The first-order valence-corrected chi connectivity index (χ1v) is 7.19. The van der Waals surface area contributed by atoms with Crippen LogP contribution < -0.4 is 15.2 Å². The third-order valence-electron chi connectivity index (χ3n) is 3.54. The molecule has 3 aromatic rings. The van der Waals surface area contributed by atoms with Gasteiger partial charge in [0.1, 0.15) is 0 Å². The Morgan fingerprint density at radius 2 is 2.09 bits per heavy atom. The molecule has 1 fully saturated rings. The molecular formula is C14H14N6O3. The second-order valence-corrected chi connectivity index (χ2v) is 5.04. The van der Waals surface area contributed by atoms with Crippen LogP contribution in [0.25, 0.3) is 10.9 Å². The quantitative estimate of drug-likeness (QED) is 0.731. The van der Waals surface area contributed by atoms with E-state index in [2.05, 4.69) is 29.8 Å². The van der Waals surface area contributed by atoms with Gasteiger partial charge in [-0.05, 0) is 6.07 Å². The molecule has 4 heterocycles. The predicted molar refractivity (Wildman–Crippen MR) is 81.9 cm³/mol. The highest BCUT2D eigenvalue weighted by Gasteiger charge is 2.15. The lowest BCUT2D eigenvalue weighted by molar-refractivity contribution is 0.122. The van der Waals surface area contributed by atoms with Gasteiger partial charge in [-0.15, -0.1) is 0 Å². The summed E-state index contributed by atoms with van der Waals surface area (Å²) in [5, 5.41) is 0.464. The molecule has 1 aliphatic rings. The van der Waals surface area contributed by atoms with Crippen molar-refractivity contribution in [2.45, 2.75) is 0 Å². The van der Waals surface area contributed by atoms with E-state index in [1.807, 2.05) is 0 Å². The molecule has 4 rings (SSSR count). The molecule has 0 unspecified atom stereocenters. The maximum atomic E-state index is 12.0. The third-order valence-corrected chi connectivity index (χ3v) is 3.54. The van der Waals surface area contributed by atoms with Crippen LogP contribution in [0.15, 0.2) is 29.5 Å². The fourth-order valence-electron chi connectivity index (χ4n) is 2.40. The second kappa shape index (κ2) is 5.69. The molecule has 0 radical (unpaired) electrons. The highest BCUT2D eigenvalue weighted by atomic mass is 16.5. The zero-order valence-electron chi connectivity index (χ0n) is 12.2. The number of nitrogens with one attached hydrogen (secondary N) is 2. The van der Waals surface area contributed by atoms with Gasteiger partial charge < -0.3 is 14.4 Å². The molecule has 0 spiro atoms. The Bertz CT molecular complexity index is 883. The molecule has 2 N–H and O–H groups in total. The number of anilines is 1. The topological polar surface area (TPSA) is 109 Å². The Morgan fingerprint density at radius 1 is 1.22 bits per heavy atom. The fraction of sp³-hybridized carbons (Fsp3) is 0.286. The summed E-state index contributed by atoms with van der Waals surface area (Å²) >= 11 is 0. The van der Waals surface area contributed by atoms with Gasteiger partial charge in [0.25, 0.3) is 5.56 Å². The summed E-state index contributed by atoms with van der Waals surface area (Å²) in [5.74, 6) is 1.10. The number of hydrogen-bond acceptors (Lipinski definition) is 7. The van der Waals surface area contributed by atoms with Crippen molar-refractivity contribution < 1.29 is 9.47 Å². The smallest absolute Gasteiger partial charge is 0.303 e. The van der Waals surface area contributed by atoms with Crippen molar-refractivity contribution >= 4 is 16.9 Å². The number of pyridine rings is 1. The van der Waals surface area contributed by atoms with Gasteiger partial charge in [0.15, 0.2) is 0 Å². The number of ether oxygens (including phenoxy) is 2. The molecule has 23 heavy (non-hydrogen) atoms. The van der Waals surface area contributed by atoms with Crippen molar-refractivity contribution in [2.24, 2.45) is 0 Å². The van der Waals surface area contributed by atoms with E-state index < -0.39 is 0 Å². The Morgan fingerprint density at radius 3 is 2.96 bits per heavy atom. The minimum Gasteiger partial charge on any atom is -0.407 e. The van der Waals surface area contributed by atoms with Crippen molar-refractivity contribution in [3.8, 4) is 11.9 Å². The molecule has 0 aliphatic carbocycles. The number of imidazole rings is 1. The zero-order chi connectivity index (χ0) is 15.6. The van der Waals surface area contributed by atoms with Gasteiger partial charge in [0.2, 0.25) is 11.8 Å². The minimum atomic E-state index is -0.277. The summed E-state index contributed by atoms with van der Waals surface area (Å²) in [6, 6.07) is 1.70. The Labute approximate surface area is 130 Å². The molecule has 118 valence electrons. The molecule has 0 aromatic carbocycles. The van der Waals surface area contributed by atoms with E-state index in [-0.39, 0.29) is 11.6 Å². The normalized spacial score (nSPS) is 15.0. The Balaban J connectivity index is 1.58. The number of nitrogens with zero attached hydrogens (tertiary/aromatic N) is 4. The lowest BCUT2D eigenvalue weighted by atomic mass is 10.3. The summed E-state index contributed by atoms with van der Waals surface area (Å²) in [5.41, 5.74) is 0.194. The SMILES string of the molecule is O=c1[nH]c(Oc2cnc(N3CCOCC3)[nH]2)nc2cnccc12. The van der Waals surface area contributed by atoms with Crippen LogP contribution in [0.3, 0.4) is 0 Å². The van der Waals surface area contributed by atoms with Crippen LogP contribution in [0.2, 0.25) is 0 Å². The van der Waals surface area contributed by atoms with E-state index >= 15 is 0 Å². The lowest BCUT2D eigenvalue weighted by Crippen LogP contribution is -2.36. The van der Waals surface area contributed by atoms with Crippen molar-refractivity contribution in [3.63, 3.8) is 0 Å². The monoisotopic (exact) mass is 314 g/mol. The average Bonchev–Trinajstić information content (AvgIpc) is 3.04. The number of rotatable bonds is 3. The number of H-pyrrole nitrogens is 2. The predicted octanol–water partition coefficient (Wildman–Crippen LogP) is 0.670. The molecule has 0 atom stereocenters. The summed E-state index contributed by atoms with van der Waals surface area (Å²) < 4.78 is 10.9. The van der Waals surface area contributed by atoms with Crippen LogP contribution in [0.5, 0.6) is 11.9 Å². The summed E-state index contributed by atoms with van der Waals surface area (Å²) in [6.07, 6.45) is 4.62. The largest absolute Gasteiger partial charge is 0.407 e. The van der Waals surface area contributed by atoms with Gasteiger partial charge in [-0.25, -0.2) is 4.98 Å². The van der Waals surface area contributed by atoms with Crippen LogP contribution in [0.1, 0.15) is 0 Å². The van der Waals surface area contributed by atoms with Crippen LogP contribution in [0.4, 0.5) is 5.95 Å². The van der Waals surface area contributed by atoms with Gasteiger partial charge in [-0.2, -0.15) is 4.98 Å². The van der Waals surface area contributed by atoms with E-state index in [1.165, 1.54) is 6.20 Å². The van der Waals surface area contributed by atoms with Gasteiger partial charge in [0.05, 0.1) is 36.5 Å². The van der Waals surface area contributed by atoms with E-state index in [4.69, 9.17) is 9.47 Å². The summed E-state index contributed by atoms with van der Waals surface area (Å²) in [4.78, 5) is 32.2. The standard InChI is InChI=1S/C14H14N6O3/c21-12-9-1-2-15-7-10(9)17-14(19-12)23-11-8-16-13(18-11)20-3-5-22-6-4-20/h1-2,7-8H,3-6H2,(H,16,18)(H,17,19,21). The summed E-state index contributed by atoms with van der Waals surface area (Å²) in [7, 11) is 0. The molecule has 0 saturated carbocycles. The van der Waals surface area contributed by atoms with Crippen molar-refractivity contribution in [2.75, 3.05) is 31.2 Å². The van der Waals surface area contributed by atoms with Gasteiger partial charge >= 0.3 is 6.01 Å². The first-order chi connectivity index (χ1) is 11.3. The molecule has 9 heteroatoms. The highest BCUT2D eigenvalue weighted by molar-refractivity contribution is 5.76. The number of aromatic nitrogens is 5. The van der Waals surface area contributed by atoms with Gasteiger partial charge in [-0.3, -0.25) is 19.7 Å². The van der Waals surface area contributed by atoms with E-state index in [0.29, 0.717) is 35.9 Å². The molecule has 3 aromatic heterocycles. The maximum Gasteiger partial charge on any atom is 0.303 e. The number of morpholine rings is 1. The first-order valence-electron chi connectivity index (χ1n) is 7.19. The number of hydrogen-bond donors (Lipinski definition) is 2. The Hall–Kier alpha value is -2.94. The van der Waals surface area contributed by atoms with E-state index in [9.17, 15) is 4.79 Å². The van der Waals surface area contributed by atoms with Crippen molar-refractivity contribution in [1.29, 1.82) is 0 Å². The van der Waals surface area contributed by atoms with Crippen LogP contribution in [0, 0.1) is 0 Å². The first kappa shape index (κ1) is 13.7. The van der Waals surface area contributed by atoms with Gasteiger partial charge in [0, 0.05) is 19.3 Å². The van der Waals surface area contributed by atoms with Crippen LogP contribution >= 0.6 is 0 Å². The number of fused-ring (bicyclic) bond motifs is 1. The highest BCUT2D eigenvalue weighted by Crippen LogP contribution is 2.20. The molecule has 0 amide bonds. The van der Waals surface area contributed by atoms with Gasteiger partial charge in [-0.1, -0.05) is 0 Å². The third kappa shape index (κ3) is 2.73. The van der Waals surface area contributed by atoms with Crippen LogP contribution in [-0.4, -0.2) is 51.2 Å². The molecular weight excluding hydrogens is 300 g/mol. The molecule has 1 saturated heterocycles. The van der Waals surface area contributed by atoms with Crippen LogP contribution in [-0.2, 0) is 4.74 Å². The second-order valence-electron chi connectivity index (χ2n) is 5.04. The average molecular weight is 314 g/mol. The van der Waals surface area contributed by atoms with E-state index in [1.54, 1.807) is 18.5 Å². The number of aromatic amines is 2. The molecule has 0 bridgehead atoms. The van der Waals surface area contributed by atoms with E-state index in [0.717, 1.165) is 13.1 Å². The molecule has 9 nitrogen and oxygen atoms in total. The lowest BCUT2D eigenvalue weighted by Gasteiger charge is -2.25. The zero-order valence-corrected chi connectivity index (χ0v) is 12.2. The van der Waals surface area contributed by atoms with Crippen molar-refractivity contribution in [1.82, 2.24) is 24.9 Å². The van der Waals surface area contributed by atoms with Crippen molar-refractivity contribution in [3.05, 3.63) is 35.0 Å². The summed E-state index contributed by atoms with van der Waals surface area (Å²) in [6.45, 7) is 2.88. The maximum absolute atomic E-state index is 12.0. The Kier molecular flexibility index (Phi) is 3.39. The fourth-order valence-corrected chi connectivity index (χ4v) is 2.40. The molecule has 1 aliphatic heterocycles.